The summed E-state index contributed by atoms with van der Waals surface area (Å²) >= 11 is 0. The smallest absolute Gasteiger partial charge is 0.258 e. The highest BCUT2D eigenvalue weighted by Crippen LogP contribution is 2.33. The molecule has 3 rings (SSSR count). The number of aromatic nitrogens is 2. The van der Waals surface area contributed by atoms with Crippen molar-refractivity contribution in [1.29, 1.82) is 5.26 Å². The van der Waals surface area contributed by atoms with E-state index < -0.39 is 5.60 Å². The number of ether oxygens (including phenoxy) is 1. The molecule has 0 radical (unpaired) electrons. The minimum atomic E-state index is -0.465. The Balaban J connectivity index is 1.91. The number of rotatable bonds is 2. The standard InChI is InChI=1S/C15H15N3O2/c1-15(7-2-3-8-19-15)14-17-13(20-18-14)12-6-4-5-11(9-12)10-16/h4-6,9H,2-3,7-8H2,1H3. The van der Waals surface area contributed by atoms with Crippen molar-refractivity contribution in [2.45, 2.75) is 31.8 Å². The molecule has 102 valence electrons. The van der Waals surface area contributed by atoms with Gasteiger partial charge in [-0.2, -0.15) is 10.2 Å². The third kappa shape index (κ3) is 2.30. The molecule has 0 aliphatic carbocycles. The third-order valence-electron chi connectivity index (χ3n) is 3.61. The van der Waals surface area contributed by atoms with E-state index in [1.54, 1.807) is 18.2 Å². The lowest BCUT2D eigenvalue weighted by Gasteiger charge is -2.30. The first-order chi connectivity index (χ1) is 9.71. The molecule has 1 atom stereocenters. The molecule has 2 aromatic rings. The maximum atomic E-state index is 8.92. The van der Waals surface area contributed by atoms with Gasteiger partial charge in [0.15, 0.2) is 0 Å². The van der Waals surface area contributed by atoms with Crippen molar-refractivity contribution in [3.63, 3.8) is 0 Å². The fraction of sp³-hybridized carbons (Fsp3) is 0.400. The summed E-state index contributed by atoms with van der Waals surface area (Å²) in [6, 6.07) is 9.23. The van der Waals surface area contributed by atoms with Gasteiger partial charge in [-0.25, -0.2) is 0 Å². The summed E-state index contributed by atoms with van der Waals surface area (Å²) in [6.45, 7) is 2.72. The van der Waals surface area contributed by atoms with Gasteiger partial charge in [-0.1, -0.05) is 11.2 Å². The van der Waals surface area contributed by atoms with Gasteiger partial charge < -0.3 is 9.26 Å². The Morgan fingerprint density at radius 3 is 3.00 bits per heavy atom. The number of hydrogen-bond acceptors (Lipinski definition) is 5. The molecule has 1 fully saturated rings. The van der Waals surface area contributed by atoms with Crippen molar-refractivity contribution in [3.8, 4) is 17.5 Å². The van der Waals surface area contributed by atoms with Crippen LogP contribution in [0.1, 0.15) is 37.6 Å². The normalized spacial score (nSPS) is 22.4. The Bertz CT molecular complexity index is 651. The molecule has 0 amide bonds. The molecule has 0 saturated carbocycles. The van der Waals surface area contributed by atoms with E-state index in [9.17, 15) is 0 Å². The minimum Gasteiger partial charge on any atom is -0.367 e. The molecule has 1 aliphatic heterocycles. The second-order valence-electron chi connectivity index (χ2n) is 5.15. The van der Waals surface area contributed by atoms with Gasteiger partial charge in [0, 0.05) is 12.2 Å². The van der Waals surface area contributed by atoms with Crippen molar-refractivity contribution >= 4 is 0 Å². The van der Waals surface area contributed by atoms with Crippen LogP contribution in [0.5, 0.6) is 0 Å². The molecule has 20 heavy (non-hydrogen) atoms. The Hall–Kier alpha value is -2.19. The molecule has 1 aliphatic rings. The van der Waals surface area contributed by atoms with Crippen LogP contribution >= 0.6 is 0 Å². The van der Waals surface area contributed by atoms with Crippen LogP contribution in [0, 0.1) is 11.3 Å². The van der Waals surface area contributed by atoms with Gasteiger partial charge >= 0.3 is 0 Å². The maximum Gasteiger partial charge on any atom is 0.258 e. The molecule has 0 spiro atoms. The Kier molecular flexibility index (Phi) is 3.25. The Morgan fingerprint density at radius 1 is 1.35 bits per heavy atom. The summed E-state index contributed by atoms with van der Waals surface area (Å²) in [5, 5.41) is 13.0. The van der Waals surface area contributed by atoms with Crippen LogP contribution in [0.25, 0.3) is 11.5 Å². The second kappa shape index (κ2) is 5.06. The minimum absolute atomic E-state index is 0.424. The van der Waals surface area contributed by atoms with Crippen LogP contribution in [-0.2, 0) is 10.3 Å². The average molecular weight is 269 g/mol. The zero-order chi connectivity index (χ0) is 14.0. The predicted molar refractivity (Wildman–Crippen MR) is 71.6 cm³/mol. The zero-order valence-electron chi connectivity index (χ0n) is 11.3. The fourth-order valence-corrected chi connectivity index (χ4v) is 2.39. The molecule has 1 aromatic heterocycles. The van der Waals surface area contributed by atoms with Gasteiger partial charge in [-0.15, -0.1) is 0 Å². The van der Waals surface area contributed by atoms with Gasteiger partial charge in [-0.05, 0) is 44.4 Å². The summed E-state index contributed by atoms with van der Waals surface area (Å²) in [5.74, 6) is 1.00. The molecule has 1 aromatic carbocycles. The largest absolute Gasteiger partial charge is 0.367 e. The van der Waals surface area contributed by atoms with Crippen molar-refractivity contribution in [2.75, 3.05) is 6.61 Å². The van der Waals surface area contributed by atoms with Gasteiger partial charge in [0.05, 0.1) is 11.6 Å². The fourth-order valence-electron chi connectivity index (χ4n) is 2.39. The summed E-state index contributed by atoms with van der Waals surface area (Å²) in [7, 11) is 0. The quantitative estimate of drug-likeness (QED) is 0.837. The van der Waals surface area contributed by atoms with E-state index in [4.69, 9.17) is 14.5 Å². The van der Waals surface area contributed by atoms with Crippen molar-refractivity contribution in [1.82, 2.24) is 10.1 Å². The first-order valence-electron chi connectivity index (χ1n) is 6.70. The highest BCUT2D eigenvalue weighted by molar-refractivity contribution is 5.56. The Labute approximate surface area is 117 Å². The van der Waals surface area contributed by atoms with Crippen LogP contribution in [0.15, 0.2) is 28.8 Å². The number of benzene rings is 1. The molecule has 1 unspecified atom stereocenters. The van der Waals surface area contributed by atoms with E-state index in [-0.39, 0.29) is 0 Å². The number of nitriles is 1. The molecule has 1 saturated heterocycles. The van der Waals surface area contributed by atoms with Crippen LogP contribution in [-0.4, -0.2) is 16.7 Å². The molecule has 5 heteroatoms. The summed E-state index contributed by atoms with van der Waals surface area (Å²) < 4.78 is 11.1. The third-order valence-corrected chi connectivity index (χ3v) is 3.61. The van der Waals surface area contributed by atoms with Gasteiger partial charge in [0.25, 0.3) is 5.89 Å². The number of nitrogens with zero attached hydrogens (tertiary/aromatic N) is 3. The second-order valence-corrected chi connectivity index (χ2v) is 5.15. The highest BCUT2D eigenvalue weighted by Gasteiger charge is 2.35. The topological polar surface area (TPSA) is 71.9 Å². The van der Waals surface area contributed by atoms with Gasteiger partial charge in [0.2, 0.25) is 5.82 Å². The van der Waals surface area contributed by atoms with Crippen molar-refractivity contribution in [2.24, 2.45) is 0 Å². The lowest BCUT2D eigenvalue weighted by Crippen LogP contribution is -2.31. The number of hydrogen-bond donors (Lipinski definition) is 0. The molecule has 0 N–H and O–H groups in total. The monoisotopic (exact) mass is 269 g/mol. The van der Waals surface area contributed by atoms with E-state index in [2.05, 4.69) is 16.2 Å². The van der Waals surface area contributed by atoms with E-state index in [0.717, 1.165) is 31.4 Å². The zero-order valence-corrected chi connectivity index (χ0v) is 11.3. The van der Waals surface area contributed by atoms with Crippen LogP contribution in [0.2, 0.25) is 0 Å². The van der Waals surface area contributed by atoms with E-state index >= 15 is 0 Å². The lowest BCUT2D eigenvalue weighted by molar-refractivity contribution is -0.0770. The molecule has 2 heterocycles. The van der Waals surface area contributed by atoms with Crippen molar-refractivity contribution < 1.29 is 9.26 Å². The highest BCUT2D eigenvalue weighted by atomic mass is 16.5. The Morgan fingerprint density at radius 2 is 2.25 bits per heavy atom. The van der Waals surface area contributed by atoms with Crippen LogP contribution in [0.4, 0.5) is 0 Å². The molecule has 5 nitrogen and oxygen atoms in total. The molecular formula is C15H15N3O2. The predicted octanol–water partition coefficient (Wildman–Crippen LogP) is 3.02. The average Bonchev–Trinajstić information content (AvgIpc) is 2.99. The van der Waals surface area contributed by atoms with Crippen LogP contribution < -0.4 is 0 Å². The van der Waals surface area contributed by atoms with Gasteiger partial charge in [0.1, 0.15) is 5.60 Å². The van der Waals surface area contributed by atoms with Crippen LogP contribution in [0.3, 0.4) is 0 Å². The SMILES string of the molecule is CC1(c2noc(-c3cccc(C#N)c3)n2)CCCCO1. The first-order valence-corrected chi connectivity index (χ1v) is 6.70. The summed E-state index contributed by atoms with van der Waals surface area (Å²) in [5.41, 5.74) is 0.858. The van der Waals surface area contributed by atoms with E-state index in [1.807, 2.05) is 13.0 Å². The maximum absolute atomic E-state index is 8.92. The van der Waals surface area contributed by atoms with E-state index in [0.29, 0.717) is 17.3 Å². The van der Waals surface area contributed by atoms with E-state index in [1.165, 1.54) is 0 Å². The summed E-state index contributed by atoms with van der Waals surface area (Å²) in [6.07, 6.45) is 3.07. The molecule has 0 bridgehead atoms. The lowest BCUT2D eigenvalue weighted by atomic mass is 9.95. The van der Waals surface area contributed by atoms with Crippen molar-refractivity contribution in [3.05, 3.63) is 35.7 Å². The summed E-state index contributed by atoms with van der Waals surface area (Å²) in [4.78, 5) is 4.44. The first kappa shape index (κ1) is 12.8. The van der Waals surface area contributed by atoms with Gasteiger partial charge in [-0.3, -0.25) is 0 Å². The molecular weight excluding hydrogens is 254 g/mol.